The van der Waals surface area contributed by atoms with E-state index >= 15 is 0 Å². The Balaban J connectivity index is 1.64. The average Bonchev–Trinajstić information content (AvgIpc) is 3.11. The van der Waals surface area contributed by atoms with E-state index < -0.39 is 24.2 Å². The van der Waals surface area contributed by atoms with Crippen LogP contribution in [0.4, 0.5) is 24.7 Å². The molecule has 4 rings (SSSR count). The summed E-state index contributed by atoms with van der Waals surface area (Å²) in [5.41, 5.74) is 3.23. The zero-order valence-electron chi connectivity index (χ0n) is 16.5. The van der Waals surface area contributed by atoms with Crippen molar-refractivity contribution in [3.05, 3.63) is 77.0 Å². The van der Waals surface area contributed by atoms with Crippen LogP contribution in [0, 0.1) is 13.8 Å². The number of halogens is 3. The highest BCUT2D eigenvalue weighted by Crippen LogP contribution is 2.43. The first-order valence-electron chi connectivity index (χ1n) is 9.58. The molecule has 0 saturated heterocycles. The highest BCUT2D eigenvalue weighted by Gasteiger charge is 2.46. The van der Waals surface area contributed by atoms with Crippen molar-refractivity contribution in [3.8, 4) is 0 Å². The number of hydrogen-bond donors (Lipinski definition) is 2. The standard InChI is InChI=1S/C22H21F3N4O/c1-13-6-8-15(9-7-13)17-11-19(22(23,24)25)29-20(27-17)12-18(28-29)21(30)26-16-5-3-4-14(2)10-16/h3-10,12,17,19,27H,11H2,1-2H3,(H,26,30)/t17-,19+/m0/s1. The highest BCUT2D eigenvalue weighted by atomic mass is 19.4. The molecule has 0 radical (unpaired) electrons. The molecule has 1 aliphatic rings. The molecule has 0 bridgehead atoms. The highest BCUT2D eigenvalue weighted by molar-refractivity contribution is 6.03. The van der Waals surface area contributed by atoms with Crippen LogP contribution in [0.1, 0.15) is 45.7 Å². The van der Waals surface area contributed by atoms with Crippen molar-refractivity contribution >= 4 is 17.4 Å². The normalized spacial score (nSPS) is 18.4. The SMILES string of the molecule is Cc1ccc([C@@H]2C[C@H](C(F)(F)F)n3nc(C(=O)Nc4cccc(C)c4)cc3N2)cc1. The quantitative estimate of drug-likeness (QED) is 0.602. The first kappa shape index (κ1) is 20.0. The maximum absolute atomic E-state index is 13.8. The summed E-state index contributed by atoms with van der Waals surface area (Å²) in [6, 6.07) is 13.5. The minimum absolute atomic E-state index is 0.0715. The first-order chi connectivity index (χ1) is 14.2. The lowest BCUT2D eigenvalue weighted by Gasteiger charge is -2.33. The summed E-state index contributed by atoms with van der Waals surface area (Å²) in [4.78, 5) is 12.6. The molecule has 1 amide bonds. The number of fused-ring (bicyclic) bond motifs is 1. The Kier molecular flexibility index (Phi) is 5.01. The molecule has 0 spiro atoms. The molecule has 2 aromatic carbocycles. The van der Waals surface area contributed by atoms with Gasteiger partial charge in [-0.3, -0.25) is 4.79 Å². The molecule has 2 atom stereocenters. The molecule has 0 aliphatic carbocycles. The molecule has 2 heterocycles. The summed E-state index contributed by atoms with van der Waals surface area (Å²) >= 11 is 0. The second kappa shape index (κ2) is 7.51. The Morgan fingerprint density at radius 2 is 1.83 bits per heavy atom. The molecule has 156 valence electrons. The van der Waals surface area contributed by atoms with Crippen LogP contribution in [-0.4, -0.2) is 21.9 Å². The molecule has 5 nitrogen and oxygen atoms in total. The Labute approximate surface area is 171 Å². The van der Waals surface area contributed by atoms with E-state index in [0.717, 1.165) is 21.4 Å². The van der Waals surface area contributed by atoms with Gasteiger partial charge < -0.3 is 10.6 Å². The number of anilines is 2. The molecule has 3 aromatic rings. The van der Waals surface area contributed by atoms with E-state index in [0.29, 0.717) is 5.69 Å². The van der Waals surface area contributed by atoms with Crippen molar-refractivity contribution in [3.63, 3.8) is 0 Å². The van der Waals surface area contributed by atoms with E-state index in [4.69, 9.17) is 0 Å². The predicted octanol–water partition coefficient (Wildman–Crippen LogP) is 5.41. The maximum atomic E-state index is 13.8. The van der Waals surface area contributed by atoms with E-state index in [1.807, 2.05) is 44.2 Å². The number of hydrogen-bond acceptors (Lipinski definition) is 3. The van der Waals surface area contributed by atoms with Crippen LogP contribution in [0.2, 0.25) is 0 Å². The molecule has 0 unspecified atom stereocenters. The average molecular weight is 414 g/mol. The van der Waals surface area contributed by atoms with Crippen molar-refractivity contribution in [2.75, 3.05) is 10.6 Å². The third kappa shape index (κ3) is 4.03. The largest absolute Gasteiger partial charge is 0.410 e. The summed E-state index contributed by atoms with van der Waals surface area (Å²) < 4.78 is 42.2. The van der Waals surface area contributed by atoms with Gasteiger partial charge in [-0.15, -0.1) is 0 Å². The molecule has 0 saturated carbocycles. The lowest BCUT2D eigenvalue weighted by molar-refractivity contribution is -0.173. The molecular weight excluding hydrogens is 393 g/mol. The maximum Gasteiger partial charge on any atom is 0.410 e. The van der Waals surface area contributed by atoms with Gasteiger partial charge >= 0.3 is 6.18 Å². The topological polar surface area (TPSA) is 59.0 Å². The van der Waals surface area contributed by atoms with Gasteiger partial charge in [0.05, 0.1) is 6.04 Å². The number of nitrogens with zero attached hydrogens (tertiary/aromatic N) is 2. The van der Waals surface area contributed by atoms with Crippen LogP contribution in [0.3, 0.4) is 0 Å². The summed E-state index contributed by atoms with van der Waals surface area (Å²) in [5, 5.41) is 9.77. The minimum atomic E-state index is -4.49. The summed E-state index contributed by atoms with van der Waals surface area (Å²) in [6.45, 7) is 3.80. The Morgan fingerprint density at radius 3 is 2.50 bits per heavy atom. The number of alkyl halides is 3. The van der Waals surface area contributed by atoms with Crippen molar-refractivity contribution in [1.29, 1.82) is 0 Å². The van der Waals surface area contributed by atoms with Crippen LogP contribution in [-0.2, 0) is 0 Å². The van der Waals surface area contributed by atoms with Gasteiger partial charge in [0.1, 0.15) is 5.82 Å². The predicted molar refractivity (Wildman–Crippen MR) is 109 cm³/mol. The monoisotopic (exact) mass is 414 g/mol. The molecule has 0 fully saturated rings. The Bertz CT molecular complexity index is 1070. The van der Waals surface area contributed by atoms with Gasteiger partial charge in [-0.05, 0) is 37.1 Å². The van der Waals surface area contributed by atoms with Gasteiger partial charge in [0.2, 0.25) is 0 Å². The zero-order chi connectivity index (χ0) is 21.5. The van der Waals surface area contributed by atoms with Crippen molar-refractivity contribution in [2.24, 2.45) is 0 Å². The summed E-state index contributed by atoms with van der Waals surface area (Å²) in [6.07, 6.45) is -4.70. The van der Waals surface area contributed by atoms with Crippen LogP contribution in [0.5, 0.6) is 0 Å². The first-order valence-corrected chi connectivity index (χ1v) is 9.58. The summed E-state index contributed by atoms with van der Waals surface area (Å²) in [5.74, 6) is -0.388. The van der Waals surface area contributed by atoms with Gasteiger partial charge in [0.25, 0.3) is 5.91 Å². The molecule has 1 aliphatic heterocycles. The van der Waals surface area contributed by atoms with Gasteiger partial charge in [-0.1, -0.05) is 42.0 Å². The van der Waals surface area contributed by atoms with Crippen molar-refractivity contribution in [1.82, 2.24) is 9.78 Å². The number of amides is 1. The number of rotatable bonds is 3. The van der Waals surface area contributed by atoms with Crippen LogP contribution >= 0.6 is 0 Å². The number of aryl methyl sites for hydroxylation is 2. The van der Waals surface area contributed by atoms with Crippen LogP contribution in [0.25, 0.3) is 0 Å². The number of nitrogens with one attached hydrogen (secondary N) is 2. The Hall–Kier alpha value is -3.29. The number of benzene rings is 2. The van der Waals surface area contributed by atoms with Crippen molar-refractivity contribution in [2.45, 2.75) is 38.5 Å². The van der Waals surface area contributed by atoms with Gasteiger partial charge in [0, 0.05) is 18.2 Å². The van der Waals surface area contributed by atoms with Gasteiger partial charge in [-0.2, -0.15) is 18.3 Å². The molecule has 2 N–H and O–H groups in total. The fraction of sp³-hybridized carbons (Fsp3) is 0.273. The molecule has 8 heteroatoms. The van der Waals surface area contributed by atoms with Crippen LogP contribution < -0.4 is 10.6 Å². The lowest BCUT2D eigenvalue weighted by atomic mass is 9.96. The third-order valence-electron chi connectivity index (χ3n) is 5.18. The van der Waals surface area contributed by atoms with E-state index in [9.17, 15) is 18.0 Å². The Morgan fingerprint density at radius 1 is 1.10 bits per heavy atom. The van der Waals surface area contributed by atoms with E-state index in [1.54, 1.807) is 18.2 Å². The summed E-state index contributed by atoms with van der Waals surface area (Å²) in [7, 11) is 0. The lowest BCUT2D eigenvalue weighted by Crippen LogP contribution is -2.35. The second-order valence-electron chi connectivity index (χ2n) is 7.58. The van der Waals surface area contributed by atoms with Gasteiger partial charge in [-0.25, -0.2) is 4.68 Å². The van der Waals surface area contributed by atoms with E-state index in [-0.39, 0.29) is 17.9 Å². The number of aromatic nitrogens is 2. The van der Waals surface area contributed by atoms with Crippen LogP contribution in [0.15, 0.2) is 54.6 Å². The zero-order valence-corrected chi connectivity index (χ0v) is 16.5. The smallest absolute Gasteiger partial charge is 0.363 e. The number of carbonyl (C=O) groups excluding carboxylic acids is 1. The fourth-order valence-corrected chi connectivity index (χ4v) is 3.62. The van der Waals surface area contributed by atoms with Crippen molar-refractivity contribution < 1.29 is 18.0 Å². The van der Waals surface area contributed by atoms with E-state index in [1.165, 1.54) is 6.07 Å². The fourth-order valence-electron chi connectivity index (χ4n) is 3.62. The number of carbonyl (C=O) groups is 1. The van der Waals surface area contributed by atoms with E-state index in [2.05, 4.69) is 15.7 Å². The van der Waals surface area contributed by atoms with Gasteiger partial charge in [0.15, 0.2) is 11.7 Å². The second-order valence-corrected chi connectivity index (χ2v) is 7.58. The molecule has 30 heavy (non-hydrogen) atoms. The third-order valence-corrected chi connectivity index (χ3v) is 5.18. The molecule has 1 aromatic heterocycles. The minimum Gasteiger partial charge on any atom is -0.363 e. The molecular formula is C22H21F3N4O.